The predicted molar refractivity (Wildman–Crippen MR) is 133 cm³/mol. The molecular formula is C24H25BrN6O2. The number of hydrogen-bond donors (Lipinski definition) is 2. The number of carbonyl (C=O) groups excluding carboxylic acids is 1. The molecule has 1 amide bonds. The van der Waals surface area contributed by atoms with Crippen LogP contribution in [0.3, 0.4) is 0 Å². The van der Waals surface area contributed by atoms with Gasteiger partial charge in [0.05, 0.1) is 16.7 Å². The second-order valence-corrected chi connectivity index (χ2v) is 9.31. The van der Waals surface area contributed by atoms with Gasteiger partial charge >= 0.3 is 5.69 Å². The number of carbonyl (C=O) groups is 1. The highest BCUT2D eigenvalue weighted by molar-refractivity contribution is 9.10. The number of nitrogens with zero attached hydrogens (tertiary/aromatic N) is 4. The van der Waals surface area contributed by atoms with Crippen LogP contribution < -0.4 is 15.9 Å². The van der Waals surface area contributed by atoms with Crippen molar-refractivity contribution < 1.29 is 4.79 Å². The van der Waals surface area contributed by atoms with Crippen molar-refractivity contribution >= 4 is 44.1 Å². The first-order chi connectivity index (χ1) is 15.9. The van der Waals surface area contributed by atoms with Gasteiger partial charge in [0.25, 0.3) is 5.91 Å². The molecule has 4 aromatic rings. The Labute approximate surface area is 199 Å². The molecule has 0 radical (unpaired) electrons. The fourth-order valence-electron chi connectivity index (χ4n) is 4.47. The van der Waals surface area contributed by atoms with Crippen LogP contribution in [0.1, 0.15) is 21.5 Å². The highest BCUT2D eigenvalue weighted by Gasteiger charge is 2.20. The van der Waals surface area contributed by atoms with Crippen LogP contribution in [-0.4, -0.2) is 58.4 Å². The van der Waals surface area contributed by atoms with Gasteiger partial charge in [0.1, 0.15) is 5.52 Å². The summed E-state index contributed by atoms with van der Waals surface area (Å²) in [4.78, 5) is 36.6. The summed E-state index contributed by atoms with van der Waals surface area (Å²) >= 11 is 3.62. The summed E-state index contributed by atoms with van der Waals surface area (Å²) in [5.74, 6) is -0.0924. The Morgan fingerprint density at radius 3 is 2.70 bits per heavy atom. The van der Waals surface area contributed by atoms with E-state index in [-0.39, 0.29) is 11.6 Å². The summed E-state index contributed by atoms with van der Waals surface area (Å²) < 4.78 is 2.54. The summed E-state index contributed by atoms with van der Waals surface area (Å²) in [6, 6.07) is 9.75. The first-order valence-corrected chi connectivity index (χ1v) is 11.7. The molecule has 3 aromatic heterocycles. The molecule has 1 fully saturated rings. The number of halogens is 1. The van der Waals surface area contributed by atoms with E-state index in [0.717, 1.165) is 70.6 Å². The third-order valence-corrected chi connectivity index (χ3v) is 6.80. The molecule has 1 aromatic carbocycles. The molecule has 8 nitrogen and oxygen atoms in total. The lowest BCUT2D eigenvalue weighted by molar-refractivity contribution is 0.0963. The Balaban J connectivity index is 1.29. The monoisotopic (exact) mass is 508 g/mol. The molecule has 1 aliphatic heterocycles. The average molecular weight is 509 g/mol. The number of anilines is 1. The van der Waals surface area contributed by atoms with E-state index in [9.17, 15) is 9.59 Å². The number of aromatic amines is 1. The number of aryl methyl sites for hydroxylation is 1. The molecular weight excluding hydrogens is 484 g/mol. The van der Waals surface area contributed by atoms with Gasteiger partial charge in [-0.3, -0.25) is 19.1 Å². The predicted octanol–water partition coefficient (Wildman–Crippen LogP) is 2.93. The van der Waals surface area contributed by atoms with Crippen LogP contribution in [0.25, 0.3) is 16.6 Å². The normalized spacial score (nSPS) is 14.8. The van der Waals surface area contributed by atoms with Gasteiger partial charge in [0.15, 0.2) is 0 Å². The second-order valence-electron chi connectivity index (χ2n) is 8.45. The first kappa shape index (κ1) is 21.7. The lowest BCUT2D eigenvalue weighted by Crippen LogP contribution is -2.46. The molecule has 4 heterocycles. The summed E-state index contributed by atoms with van der Waals surface area (Å²) in [6.07, 6.45) is 3.73. The quantitative estimate of drug-likeness (QED) is 0.442. The van der Waals surface area contributed by atoms with Crippen molar-refractivity contribution in [1.29, 1.82) is 0 Å². The van der Waals surface area contributed by atoms with Gasteiger partial charge in [-0.15, -0.1) is 0 Å². The van der Waals surface area contributed by atoms with Crippen LogP contribution in [0.2, 0.25) is 0 Å². The highest BCUT2D eigenvalue weighted by Crippen LogP contribution is 2.28. The van der Waals surface area contributed by atoms with Crippen LogP contribution in [-0.2, 0) is 6.54 Å². The smallest absolute Gasteiger partial charge is 0.330 e. The number of H-pyrrole nitrogens is 1. The number of amides is 1. The molecule has 0 bridgehead atoms. The molecule has 9 heteroatoms. The van der Waals surface area contributed by atoms with Crippen LogP contribution in [0.15, 0.2) is 52.0 Å². The molecule has 0 atom stereocenters. The van der Waals surface area contributed by atoms with Gasteiger partial charge in [-0.2, -0.15) is 0 Å². The molecule has 170 valence electrons. The van der Waals surface area contributed by atoms with Crippen molar-refractivity contribution in [2.75, 3.05) is 38.1 Å². The average Bonchev–Trinajstić information content (AvgIpc) is 3.21. The number of rotatable bonds is 4. The van der Waals surface area contributed by atoms with Gasteiger partial charge in [0, 0.05) is 62.2 Å². The number of pyridine rings is 1. The minimum atomic E-state index is -0.147. The van der Waals surface area contributed by atoms with Crippen LogP contribution in [0.5, 0.6) is 0 Å². The van der Waals surface area contributed by atoms with E-state index in [4.69, 9.17) is 0 Å². The van der Waals surface area contributed by atoms with Crippen molar-refractivity contribution in [3.05, 3.63) is 74.4 Å². The highest BCUT2D eigenvalue weighted by atomic mass is 79.9. The van der Waals surface area contributed by atoms with E-state index in [1.165, 1.54) is 0 Å². The summed E-state index contributed by atoms with van der Waals surface area (Å²) in [5, 5.41) is 2.65. The van der Waals surface area contributed by atoms with Crippen molar-refractivity contribution in [3.8, 4) is 0 Å². The Bertz CT molecular complexity index is 1420. The largest absolute Gasteiger partial charge is 0.368 e. The molecule has 1 saturated heterocycles. The zero-order chi connectivity index (χ0) is 23.1. The molecule has 0 aliphatic carbocycles. The maximum atomic E-state index is 12.4. The minimum absolute atomic E-state index is 0.0924. The minimum Gasteiger partial charge on any atom is -0.368 e. The number of hydrogen-bond acceptors (Lipinski definition) is 5. The van der Waals surface area contributed by atoms with E-state index in [0.29, 0.717) is 5.56 Å². The van der Waals surface area contributed by atoms with Crippen LogP contribution in [0, 0.1) is 6.92 Å². The van der Waals surface area contributed by atoms with Gasteiger partial charge in [-0.25, -0.2) is 4.79 Å². The van der Waals surface area contributed by atoms with E-state index in [1.54, 1.807) is 11.4 Å². The zero-order valence-corrected chi connectivity index (χ0v) is 20.1. The van der Waals surface area contributed by atoms with Crippen molar-refractivity contribution in [3.63, 3.8) is 0 Å². The molecule has 5 rings (SSSR count). The number of nitrogens with one attached hydrogen (secondary N) is 2. The number of aromatic nitrogens is 3. The lowest BCUT2D eigenvalue weighted by Gasteiger charge is -2.36. The Morgan fingerprint density at radius 2 is 1.97 bits per heavy atom. The lowest BCUT2D eigenvalue weighted by atomic mass is 10.1. The number of benzene rings is 1. The number of piperazine rings is 1. The summed E-state index contributed by atoms with van der Waals surface area (Å²) in [5.41, 5.74) is 6.11. The van der Waals surface area contributed by atoms with Crippen LogP contribution >= 0.6 is 15.9 Å². The van der Waals surface area contributed by atoms with E-state index in [2.05, 4.69) is 41.0 Å². The number of fused-ring (bicyclic) bond motifs is 3. The standard InChI is InChI=1S/C24H25BrN6O2/c1-15-9-21-22-19(28-24(33)31(21)13-15)10-16(12-27-22)14-29-5-7-30(8-6-29)20-4-3-17(11-18(20)25)23(32)26-2/h3-4,9-13H,5-8,14H2,1-2H3,(H,26,32)(H,28,33). The molecule has 0 unspecified atom stereocenters. The van der Waals surface area contributed by atoms with Gasteiger partial charge in [0.2, 0.25) is 0 Å². The molecule has 1 aliphatic rings. The van der Waals surface area contributed by atoms with Crippen LogP contribution in [0.4, 0.5) is 5.69 Å². The van der Waals surface area contributed by atoms with Crippen molar-refractivity contribution in [2.45, 2.75) is 13.5 Å². The van der Waals surface area contributed by atoms with E-state index < -0.39 is 0 Å². The third kappa shape index (κ3) is 4.14. The first-order valence-electron chi connectivity index (χ1n) is 10.9. The van der Waals surface area contributed by atoms with Crippen molar-refractivity contribution in [1.82, 2.24) is 24.6 Å². The Morgan fingerprint density at radius 1 is 1.18 bits per heavy atom. The Kier molecular flexibility index (Phi) is 5.67. The maximum absolute atomic E-state index is 12.4. The second kappa shape index (κ2) is 8.64. The molecule has 0 saturated carbocycles. The molecule has 2 N–H and O–H groups in total. The third-order valence-electron chi connectivity index (χ3n) is 6.16. The topological polar surface area (TPSA) is 85.7 Å². The Hall–Kier alpha value is -3.17. The SMILES string of the molecule is CNC(=O)c1ccc(N2CCN(Cc3cnc4c(c3)[nH]c(=O)n3cc(C)cc43)CC2)c(Br)c1. The van der Waals surface area contributed by atoms with Gasteiger partial charge in [-0.1, -0.05) is 0 Å². The van der Waals surface area contributed by atoms with Gasteiger partial charge in [-0.05, 0) is 64.3 Å². The van der Waals surface area contributed by atoms with Crippen molar-refractivity contribution in [2.24, 2.45) is 0 Å². The fraction of sp³-hybridized carbons (Fsp3) is 0.292. The van der Waals surface area contributed by atoms with Gasteiger partial charge < -0.3 is 15.2 Å². The fourth-order valence-corrected chi connectivity index (χ4v) is 5.10. The van der Waals surface area contributed by atoms with E-state index >= 15 is 0 Å². The maximum Gasteiger partial charge on any atom is 0.330 e. The summed E-state index contributed by atoms with van der Waals surface area (Å²) in [7, 11) is 1.63. The molecule has 33 heavy (non-hydrogen) atoms. The molecule has 0 spiro atoms. The summed E-state index contributed by atoms with van der Waals surface area (Å²) in [6.45, 7) is 6.35. The zero-order valence-electron chi connectivity index (χ0n) is 18.6. The van der Waals surface area contributed by atoms with E-state index in [1.807, 2.05) is 49.6 Å².